The molecule has 3 rings (SSSR count). The van der Waals surface area contributed by atoms with E-state index in [4.69, 9.17) is 27.9 Å². The van der Waals surface area contributed by atoms with Crippen molar-refractivity contribution in [3.8, 4) is 11.8 Å². The third-order valence-corrected chi connectivity index (χ3v) is 5.48. The van der Waals surface area contributed by atoms with E-state index < -0.39 is 11.9 Å². The van der Waals surface area contributed by atoms with Gasteiger partial charge >= 0.3 is 5.97 Å². The molecule has 0 aliphatic heterocycles. The molecule has 3 aromatic rings. The van der Waals surface area contributed by atoms with Gasteiger partial charge in [0.1, 0.15) is 11.6 Å². The summed E-state index contributed by atoms with van der Waals surface area (Å²) in [7, 11) is 0. The van der Waals surface area contributed by atoms with Gasteiger partial charge in [-0.3, -0.25) is 4.79 Å². The molecule has 1 amide bonds. The highest BCUT2D eigenvalue weighted by molar-refractivity contribution is 6.36. The lowest BCUT2D eigenvalue weighted by molar-refractivity contribution is -0.112. The van der Waals surface area contributed by atoms with E-state index in [1.807, 2.05) is 36.6 Å². The van der Waals surface area contributed by atoms with Gasteiger partial charge in [-0.1, -0.05) is 29.3 Å². The predicted molar refractivity (Wildman–Crippen MR) is 130 cm³/mol. The van der Waals surface area contributed by atoms with E-state index in [1.165, 1.54) is 12.1 Å². The van der Waals surface area contributed by atoms with Crippen molar-refractivity contribution < 1.29 is 14.3 Å². The molecule has 0 aliphatic carbocycles. The van der Waals surface area contributed by atoms with Gasteiger partial charge in [-0.15, -0.1) is 0 Å². The quantitative estimate of drug-likeness (QED) is 0.261. The van der Waals surface area contributed by atoms with Gasteiger partial charge in [0, 0.05) is 22.1 Å². The number of hydrogen-bond donors (Lipinski definition) is 1. The first-order chi connectivity index (χ1) is 15.7. The van der Waals surface area contributed by atoms with E-state index in [0.717, 1.165) is 17.1 Å². The second-order valence-electron chi connectivity index (χ2n) is 7.18. The lowest BCUT2D eigenvalue weighted by atomic mass is 10.1. The first-order valence-corrected chi connectivity index (χ1v) is 10.9. The number of aryl methyl sites for hydroxylation is 1. The van der Waals surface area contributed by atoms with Crippen LogP contribution in [-0.4, -0.2) is 23.1 Å². The number of ether oxygens (including phenoxy) is 1. The molecule has 0 atom stereocenters. The normalized spacial score (nSPS) is 11.1. The minimum atomic E-state index is -0.587. The Kier molecular flexibility index (Phi) is 7.59. The number of benzene rings is 2. The minimum Gasteiger partial charge on any atom is -0.462 e. The molecule has 0 saturated carbocycles. The van der Waals surface area contributed by atoms with E-state index in [9.17, 15) is 14.9 Å². The molecule has 0 saturated heterocycles. The highest BCUT2D eigenvalue weighted by Crippen LogP contribution is 2.27. The largest absolute Gasteiger partial charge is 0.462 e. The maximum atomic E-state index is 12.7. The van der Waals surface area contributed by atoms with Crippen molar-refractivity contribution in [1.82, 2.24) is 4.57 Å². The van der Waals surface area contributed by atoms with Crippen LogP contribution in [0, 0.1) is 25.2 Å². The Morgan fingerprint density at radius 1 is 1.15 bits per heavy atom. The summed E-state index contributed by atoms with van der Waals surface area (Å²) in [5, 5.41) is 12.9. The summed E-state index contributed by atoms with van der Waals surface area (Å²) in [4.78, 5) is 24.8. The molecular formula is C25H21Cl2N3O3. The van der Waals surface area contributed by atoms with Gasteiger partial charge in [-0.25, -0.2) is 4.79 Å². The first-order valence-electron chi connectivity index (χ1n) is 10.1. The molecule has 0 aliphatic rings. The maximum absolute atomic E-state index is 12.7. The SMILES string of the molecule is CCOC(=O)c1cccc(-n2c(C)cc(/C=C(\C#N)C(=O)Nc3ccc(Cl)cc3Cl)c2C)c1. The Morgan fingerprint density at radius 2 is 1.91 bits per heavy atom. The van der Waals surface area contributed by atoms with Gasteiger partial charge in [0.05, 0.1) is 22.9 Å². The van der Waals surface area contributed by atoms with E-state index in [1.54, 1.807) is 37.3 Å². The molecule has 0 radical (unpaired) electrons. The standard InChI is InChI=1S/C25H21Cl2N3O3/c1-4-33-25(32)17-6-5-7-21(12-17)30-15(2)10-18(16(30)3)11-19(14-28)24(31)29-23-9-8-20(26)13-22(23)27/h5-13H,4H2,1-3H3,(H,29,31)/b19-11+. The second-order valence-corrected chi connectivity index (χ2v) is 8.02. The minimum absolute atomic E-state index is 0.0819. The third kappa shape index (κ3) is 5.46. The van der Waals surface area contributed by atoms with E-state index in [0.29, 0.717) is 28.4 Å². The van der Waals surface area contributed by atoms with Crippen LogP contribution in [0.25, 0.3) is 11.8 Å². The fourth-order valence-electron chi connectivity index (χ4n) is 3.40. The fraction of sp³-hybridized carbons (Fsp3) is 0.160. The molecule has 0 spiro atoms. The summed E-state index contributed by atoms with van der Waals surface area (Å²) in [6, 6.07) is 15.6. The third-order valence-electron chi connectivity index (χ3n) is 4.93. The predicted octanol–water partition coefficient (Wildman–Crippen LogP) is 6.12. The molecule has 168 valence electrons. The van der Waals surface area contributed by atoms with Gasteiger partial charge in [-0.2, -0.15) is 5.26 Å². The van der Waals surface area contributed by atoms with Gasteiger partial charge < -0.3 is 14.6 Å². The lowest BCUT2D eigenvalue weighted by Crippen LogP contribution is -2.13. The van der Waals surface area contributed by atoms with E-state index in [2.05, 4.69) is 5.32 Å². The Morgan fingerprint density at radius 3 is 2.58 bits per heavy atom. The monoisotopic (exact) mass is 481 g/mol. The fourth-order valence-corrected chi connectivity index (χ4v) is 3.86. The highest BCUT2D eigenvalue weighted by Gasteiger charge is 2.16. The number of hydrogen-bond acceptors (Lipinski definition) is 4. The van der Waals surface area contributed by atoms with E-state index in [-0.39, 0.29) is 10.6 Å². The molecule has 1 heterocycles. The Hall–Kier alpha value is -3.53. The molecule has 8 heteroatoms. The molecule has 0 bridgehead atoms. The zero-order chi connectivity index (χ0) is 24.1. The number of carbonyl (C=O) groups is 2. The number of nitrogens with zero attached hydrogens (tertiary/aromatic N) is 2. The van der Waals surface area contributed by atoms with Crippen LogP contribution in [0.4, 0.5) is 5.69 Å². The smallest absolute Gasteiger partial charge is 0.338 e. The number of halogens is 2. The topological polar surface area (TPSA) is 84.1 Å². The van der Waals surface area contributed by atoms with Crippen molar-refractivity contribution in [3.05, 3.63) is 86.7 Å². The molecule has 2 aromatic carbocycles. The number of carbonyl (C=O) groups excluding carboxylic acids is 2. The van der Waals surface area contributed by atoms with Crippen LogP contribution in [0.2, 0.25) is 10.0 Å². The Balaban J connectivity index is 1.94. The highest BCUT2D eigenvalue weighted by atomic mass is 35.5. The number of amides is 1. The van der Waals surface area contributed by atoms with Gasteiger partial charge in [0.15, 0.2) is 0 Å². The lowest BCUT2D eigenvalue weighted by Gasteiger charge is -2.11. The summed E-state index contributed by atoms with van der Waals surface area (Å²) < 4.78 is 7.03. The van der Waals surface area contributed by atoms with Crippen molar-refractivity contribution in [1.29, 1.82) is 5.26 Å². The average molecular weight is 482 g/mol. The molecule has 6 nitrogen and oxygen atoms in total. The molecule has 0 unspecified atom stereocenters. The summed E-state index contributed by atoms with van der Waals surface area (Å²) in [6.07, 6.45) is 1.52. The van der Waals surface area contributed by atoms with Crippen molar-refractivity contribution in [2.45, 2.75) is 20.8 Å². The summed E-state index contributed by atoms with van der Waals surface area (Å²) in [6.45, 7) is 5.82. The number of rotatable bonds is 6. The maximum Gasteiger partial charge on any atom is 0.338 e. The van der Waals surface area contributed by atoms with Crippen LogP contribution < -0.4 is 5.32 Å². The average Bonchev–Trinajstić information content (AvgIpc) is 3.06. The second kappa shape index (κ2) is 10.4. The number of nitriles is 1. The number of nitrogens with one attached hydrogen (secondary N) is 1. The van der Waals surface area contributed by atoms with Gasteiger partial charge in [0.25, 0.3) is 5.91 Å². The molecule has 1 aromatic heterocycles. The first kappa shape index (κ1) is 24.1. The van der Waals surface area contributed by atoms with Crippen molar-refractivity contribution >= 4 is 46.8 Å². The number of anilines is 1. The molecular weight excluding hydrogens is 461 g/mol. The van der Waals surface area contributed by atoms with Crippen LogP contribution >= 0.6 is 23.2 Å². The van der Waals surface area contributed by atoms with Gasteiger partial charge in [-0.05, 0) is 74.9 Å². The van der Waals surface area contributed by atoms with Gasteiger partial charge in [0.2, 0.25) is 0 Å². The zero-order valence-electron chi connectivity index (χ0n) is 18.3. The van der Waals surface area contributed by atoms with Crippen LogP contribution in [-0.2, 0) is 9.53 Å². The summed E-state index contributed by atoms with van der Waals surface area (Å²) >= 11 is 12.0. The number of esters is 1. The van der Waals surface area contributed by atoms with Crippen molar-refractivity contribution in [2.75, 3.05) is 11.9 Å². The molecule has 1 N–H and O–H groups in total. The van der Waals surface area contributed by atoms with Crippen LogP contribution in [0.15, 0.2) is 54.1 Å². The molecule has 33 heavy (non-hydrogen) atoms. The van der Waals surface area contributed by atoms with Crippen LogP contribution in [0.1, 0.15) is 34.2 Å². The van der Waals surface area contributed by atoms with Crippen LogP contribution in [0.5, 0.6) is 0 Å². The number of aromatic nitrogens is 1. The van der Waals surface area contributed by atoms with E-state index >= 15 is 0 Å². The van der Waals surface area contributed by atoms with Crippen molar-refractivity contribution in [2.24, 2.45) is 0 Å². The van der Waals surface area contributed by atoms with Crippen LogP contribution in [0.3, 0.4) is 0 Å². The summed E-state index contributed by atoms with van der Waals surface area (Å²) in [5.41, 5.74) is 3.86. The Bertz CT molecular complexity index is 1300. The molecule has 0 fully saturated rings. The Labute approximate surface area is 202 Å². The zero-order valence-corrected chi connectivity index (χ0v) is 19.8. The summed E-state index contributed by atoms with van der Waals surface area (Å²) in [5.74, 6) is -0.984. The van der Waals surface area contributed by atoms with Crippen molar-refractivity contribution in [3.63, 3.8) is 0 Å².